The summed E-state index contributed by atoms with van der Waals surface area (Å²) in [6, 6.07) is 17.1. The van der Waals surface area contributed by atoms with E-state index in [0.29, 0.717) is 5.56 Å². The molecule has 1 amide bonds. The van der Waals surface area contributed by atoms with Crippen molar-refractivity contribution in [3.8, 4) is 0 Å². The van der Waals surface area contributed by atoms with Gasteiger partial charge in [0.05, 0.1) is 0 Å². The number of carbonyl (C=O) groups excluding carboxylic acids is 2. The van der Waals surface area contributed by atoms with Crippen molar-refractivity contribution in [2.45, 2.75) is 38.5 Å². The van der Waals surface area contributed by atoms with Crippen molar-refractivity contribution in [1.82, 2.24) is 0 Å². The van der Waals surface area contributed by atoms with E-state index in [1.807, 2.05) is 30.3 Å². The van der Waals surface area contributed by atoms with Crippen LogP contribution in [-0.2, 0) is 4.79 Å². The van der Waals surface area contributed by atoms with Crippen LogP contribution in [-0.4, -0.2) is 24.8 Å². The molecule has 1 aliphatic rings. The summed E-state index contributed by atoms with van der Waals surface area (Å²) in [5.41, 5.74) is 2.65. The van der Waals surface area contributed by atoms with Gasteiger partial charge in [-0.15, -0.1) is 0 Å². The molecule has 0 aromatic heterocycles. The highest BCUT2D eigenvalue weighted by Gasteiger charge is 2.11. The molecule has 0 radical (unpaired) electrons. The summed E-state index contributed by atoms with van der Waals surface area (Å²) >= 11 is 0. The standard InChI is InChI=1S/C22H26N2O2/c25-21(18-8-4-3-5-9-18)14-15-22(26)23-19-10-12-20(13-11-19)24-16-6-1-2-7-17-24/h3-5,8-13H,1-2,6-7,14-17H2,(H,23,26). The summed E-state index contributed by atoms with van der Waals surface area (Å²) < 4.78 is 0. The number of carbonyl (C=O) groups is 2. The number of nitrogens with one attached hydrogen (secondary N) is 1. The summed E-state index contributed by atoms with van der Waals surface area (Å²) in [5, 5.41) is 2.88. The first-order chi connectivity index (χ1) is 12.7. The second kappa shape index (κ2) is 9.18. The number of hydrogen-bond donors (Lipinski definition) is 1. The topological polar surface area (TPSA) is 49.4 Å². The highest BCUT2D eigenvalue weighted by Crippen LogP contribution is 2.21. The van der Waals surface area contributed by atoms with Crippen LogP contribution in [0.3, 0.4) is 0 Å². The Hall–Kier alpha value is -2.62. The summed E-state index contributed by atoms with van der Waals surface area (Å²) in [7, 11) is 0. The number of anilines is 2. The molecule has 1 N–H and O–H groups in total. The molecule has 136 valence electrons. The van der Waals surface area contributed by atoms with Crippen LogP contribution < -0.4 is 10.2 Å². The summed E-state index contributed by atoms with van der Waals surface area (Å²) in [6.45, 7) is 2.21. The molecule has 0 aliphatic carbocycles. The van der Waals surface area contributed by atoms with Crippen molar-refractivity contribution in [3.05, 3.63) is 60.2 Å². The van der Waals surface area contributed by atoms with E-state index < -0.39 is 0 Å². The van der Waals surface area contributed by atoms with Crippen molar-refractivity contribution in [3.63, 3.8) is 0 Å². The molecule has 1 heterocycles. The molecule has 4 heteroatoms. The second-order valence-corrected chi connectivity index (χ2v) is 6.79. The Bertz CT molecular complexity index is 718. The predicted octanol–water partition coefficient (Wildman–Crippen LogP) is 4.67. The zero-order valence-corrected chi connectivity index (χ0v) is 15.1. The van der Waals surface area contributed by atoms with E-state index in [1.54, 1.807) is 12.1 Å². The molecule has 0 saturated carbocycles. The minimum absolute atomic E-state index is 0.00254. The van der Waals surface area contributed by atoms with Crippen LogP contribution in [0.2, 0.25) is 0 Å². The number of amides is 1. The Morgan fingerprint density at radius 2 is 1.46 bits per heavy atom. The van der Waals surface area contributed by atoms with E-state index in [-0.39, 0.29) is 24.5 Å². The number of Topliss-reactive ketones (excluding diaryl/α,β-unsaturated/α-hetero) is 1. The van der Waals surface area contributed by atoms with Crippen molar-refractivity contribution in [2.24, 2.45) is 0 Å². The lowest BCUT2D eigenvalue weighted by Crippen LogP contribution is -2.23. The lowest BCUT2D eigenvalue weighted by Gasteiger charge is -2.22. The van der Waals surface area contributed by atoms with Gasteiger partial charge in [0.15, 0.2) is 5.78 Å². The van der Waals surface area contributed by atoms with Gasteiger partial charge >= 0.3 is 0 Å². The molecular weight excluding hydrogens is 324 g/mol. The summed E-state index contributed by atoms with van der Waals surface area (Å²) in [6.07, 6.45) is 5.53. The predicted molar refractivity (Wildman–Crippen MR) is 106 cm³/mol. The van der Waals surface area contributed by atoms with Gasteiger partial charge in [0.2, 0.25) is 5.91 Å². The van der Waals surface area contributed by atoms with E-state index in [0.717, 1.165) is 18.8 Å². The molecule has 3 rings (SSSR count). The van der Waals surface area contributed by atoms with Crippen LogP contribution in [0.15, 0.2) is 54.6 Å². The normalized spacial score (nSPS) is 14.5. The fourth-order valence-electron chi connectivity index (χ4n) is 3.30. The molecule has 0 bridgehead atoms. The van der Waals surface area contributed by atoms with E-state index in [1.165, 1.54) is 31.4 Å². The van der Waals surface area contributed by atoms with Gasteiger partial charge in [-0.1, -0.05) is 43.2 Å². The fourth-order valence-corrected chi connectivity index (χ4v) is 3.30. The Balaban J connectivity index is 1.49. The maximum absolute atomic E-state index is 12.1. The average Bonchev–Trinajstić information content (AvgIpc) is 2.97. The zero-order chi connectivity index (χ0) is 18.2. The number of ketones is 1. The average molecular weight is 350 g/mol. The van der Waals surface area contributed by atoms with E-state index in [9.17, 15) is 9.59 Å². The van der Waals surface area contributed by atoms with Gasteiger partial charge in [0.1, 0.15) is 0 Å². The van der Waals surface area contributed by atoms with Crippen molar-refractivity contribution in [1.29, 1.82) is 0 Å². The molecule has 26 heavy (non-hydrogen) atoms. The molecule has 0 unspecified atom stereocenters. The van der Waals surface area contributed by atoms with Gasteiger partial charge in [-0.25, -0.2) is 0 Å². The lowest BCUT2D eigenvalue weighted by atomic mass is 10.1. The van der Waals surface area contributed by atoms with Crippen molar-refractivity contribution in [2.75, 3.05) is 23.3 Å². The number of hydrogen-bond acceptors (Lipinski definition) is 3. The van der Waals surface area contributed by atoms with Gasteiger partial charge in [-0.2, -0.15) is 0 Å². The quantitative estimate of drug-likeness (QED) is 0.770. The molecule has 1 saturated heterocycles. The monoisotopic (exact) mass is 350 g/mol. The highest BCUT2D eigenvalue weighted by atomic mass is 16.2. The van der Waals surface area contributed by atoms with E-state index in [4.69, 9.17) is 0 Å². The SMILES string of the molecule is O=C(CCC(=O)c1ccccc1)Nc1ccc(N2CCCCCC2)cc1. The number of rotatable bonds is 6. The molecular formula is C22H26N2O2. The van der Waals surface area contributed by atoms with E-state index >= 15 is 0 Å². The van der Waals surface area contributed by atoms with Gasteiger partial charge in [-0.3, -0.25) is 9.59 Å². The zero-order valence-electron chi connectivity index (χ0n) is 15.1. The summed E-state index contributed by atoms with van der Waals surface area (Å²) in [5.74, 6) is -0.130. The number of nitrogens with zero attached hydrogens (tertiary/aromatic N) is 1. The first kappa shape index (κ1) is 18.2. The maximum Gasteiger partial charge on any atom is 0.224 e. The molecule has 1 aliphatic heterocycles. The van der Waals surface area contributed by atoms with Gasteiger partial charge < -0.3 is 10.2 Å². The van der Waals surface area contributed by atoms with Gasteiger partial charge in [0.25, 0.3) is 0 Å². The molecule has 2 aromatic rings. The third-order valence-corrected chi connectivity index (χ3v) is 4.80. The van der Waals surface area contributed by atoms with Gasteiger partial charge in [-0.05, 0) is 37.1 Å². The molecule has 4 nitrogen and oxygen atoms in total. The molecule has 2 aromatic carbocycles. The Morgan fingerprint density at radius 3 is 2.12 bits per heavy atom. The van der Waals surface area contributed by atoms with Crippen LogP contribution in [0.1, 0.15) is 48.9 Å². The Morgan fingerprint density at radius 1 is 0.808 bits per heavy atom. The molecule has 1 fully saturated rings. The van der Waals surface area contributed by atoms with Crippen LogP contribution >= 0.6 is 0 Å². The number of benzene rings is 2. The second-order valence-electron chi connectivity index (χ2n) is 6.79. The molecule has 0 spiro atoms. The highest BCUT2D eigenvalue weighted by molar-refractivity contribution is 6.00. The van der Waals surface area contributed by atoms with Crippen LogP contribution in [0.4, 0.5) is 11.4 Å². The first-order valence-corrected chi connectivity index (χ1v) is 9.45. The first-order valence-electron chi connectivity index (χ1n) is 9.45. The minimum atomic E-state index is -0.128. The van der Waals surface area contributed by atoms with Crippen molar-refractivity contribution < 1.29 is 9.59 Å². The Labute approximate surface area is 155 Å². The van der Waals surface area contributed by atoms with Crippen molar-refractivity contribution >= 4 is 23.1 Å². The van der Waals surface area contributed by atoms with E-state index in [2.05, 4.69) is 22.3 Å². The fraction of sp³-hybridized carbons (Fsp3) is 0.364. The van der Waals surface area contributed by atoms with Crippen LogP contribution in [0, 0.1) is 0 Å². The maximum atomic E-state index is 12.1. The third-order valence-electron chi connectivity index (χ3n) is 4.80. The largest absolute Gasteiger partial charge is 0.372 e. The van der Waals surface area contributed by atoms with Crippen LogP contribution in [0.5, 0.6) is 0 Å². The van der Waals surface area contributed by atoms with Crippen LogP contribution in [0.25, 0.3) is 0 Å². The minimum Gasteiger partial charge on any atom is -0.372 e. The molecule has 0 atom stereocenters. The lowest BCUT2D eigenvalue weighted by molar-refractivity contribution is -0.116. The summed E-state index contributed by atoms with van der Waals surface area (Å²) in [4.78, 5) is 26.6. The smallest absolute Gasteiger partial charge is 0.224 e. The van der Waals surface area contributed by atoms with Gasteiger partial charge in [0, 0.05) is 42.9 Å². The Kier molecular flexibility index (Phi) is 6.42. The third kappa shape index (κ3) is 5.19.